The van der Waals surface area contributed by atoms with Gasteiger partial charge in [-0.3, -0.25) is 4.79 Å². The minimum Gasteiger partial charge on any atom is -0.454 e. The van der Waals surface area contributed by atoms with E-state index in [1.807, 2.05) is 31.2 Å². The lowest BCUT2D eigenvalue weighted by Gasteiger charge is -2.16. The number of esters is 1. The van der Waals surface area contributed by atoms with E-state index in [0.29, 0.717) is 0 Å². The van der Waals surface area contributed by atoms with E-state index in [2.05, 4.69) is 18.8 Å². The molecule has 0 heterocycles. The van der Waals surface area contributed by atoms with Gasteiger partial charge in [-0.05, 0) is 31.4 Å². The van der Waals surface area contributed by atoms with E-state index in [1.165, 1.54) is 5.56 Å². The maximum absolute atomic E-state index is 11.8. The van der Waals surface area contributed by atoms with E-state index < -0.39 is 12.1 Å². The molecule has 23 heavy (non-hydrogen) atoms. The van der Waals surface area contributed by atoms with E-state index >= 15 is 0 Å². The highest BCUT2D eigenvalue weighted by Gasteiger charge is 2.17. The van der Waals surface area contributed by atoms with E-state index in [-0.39, 0.29) is 25.2 Å². The molecule has 2 atom stereocenters. The topological polar surface area (TPSA) is 64.6 Å². The number of amides is 1. The van der Waals surface area contributed by atoms with Crippen molar-refractivity contribution in [2.24, 2.45) is 0 Å². The monoisotopic (exact) mass is 319 g/mol. The number of carbonyl (C=O) groups is 2. The molecule has 1 aromatic carbocycles. The fourth-order valence-corrected chi connectivity index (χ4v) is 1.94. The standard InChI is InChI=1S/C18H25NO4/c1-5-11-22-14(4)18(21)23-12-17(20)19-13(3)16-9-7-15(6-2)8-10-16/h5,7-10,13-14H,1,6,11-12H2,2-4H3,(H,19,20). The van der Waals surface area contributed by atoms with Gasteiger partial charge in [0, 0.05) is 0 Å². The number of nitrogens with one attached hydrogen (secondary N) is 1. The predicted octanol–water partition coefficient (Wildman–Crippen LogP) is 2.56. The summed E-state index contributed by atoms with van der Waals surface area (Å²) in [5, 5.41) is 2.80. The Morgan fingerprint density at radius 1 is 1.26 bits per heavy atom. The van der Waals surface area contributed by atoms with Crippen molar-refractivity contribution in [2.75, 3.05) is 13.2 Å². The Bertz CT molecular complexity index is 524. The third-order valence-corrected chi connectivity index (χ3v) is 3.41. The largest absolute Gasteiger partial charge is 0.454 e. The van der Waals surface area contributed by atoms with Crippen molar-refractivity contribution in [1.82, 2.24) is 5.32 Å². The zero-order valence-corrected chi connectivity index (χ0v) is 14.0. The second-order valence-electron chi connectivity index (χ2n) is 5.26. The van der Waals surface area contributed by atoms with Gasteiger partial charge in [0.15, 0.2) is 12.7 Å². The summed E-state index contributed by atoms with van der Waals surface area (Å²) < 4.78 is 10.1. The van der Waals surface area contributed by atoms with Crippen LogP contribution in [-0.4, -0.2) is 31.2 Å². The lowest BCUT2D eigenvalue weighted by molar-refractivity contribution is -0.158. The molecule has 0 radical (unpaired) electrons. The van der Waals surface area contributed by atoms with Gasteiger partial charge in [0.05, 0.1) is 12.6 Å². The quantitative estimate of drug-likeness (QED) is 0.561. The molecule has 5 heteroatoms. The molecule has 1 aromatic rings. The summed E-state index contributed by atoms with van der Waals surface area (Å²) in [6, 6.07) is 7.90. The molecule has 126 valence electrons. The molecule has 0 saturated heterocycles. The third kappa shape index (κ3) is 6.65. The van der Waals surface area contributed by atoms with Crippen LogP contribution in [0.25, 0.3) is 0 Å². The van der Waals surface area contributed by atoms with Gasteiger partial charge in [-0.1, -0.05) is 37.3 Å². The molecule has 0 saturated carbocycles. The summed E-state index contributed by atoms with van der Waals surface area (Å²) in [6.45, 7) is 8.98. The molecule has 0 aliphatic heterocycles. The first-order valence-corrected chi connectivity index (χ1v) is 7.75. The van der Waals surface area contributed by atoms with Crippen molar-refractivity contribution in [3.63, 3.8) is 0 Å². The molecule has 1 rings (SSSR count). The Morgan fingerprint density at radius 2 is 1.91 bits per heavy atom. The van der Waals surface area contributed by atoms with Crippen LogP contribution in [0.1, 0.15) is 37.9 Å². The van der Waals surface area contributed by atoms with Gasteiger partial charge >= 0.3 is 5.97 Å². The van der Waals surface area contributed by atoms with Crippen LogP contribution in [0, 0.1) is 0 Å². The fourth-order valence-electron chi connectivity index (χ4n) is 1.94. The summed E-state index contributed by atoms with van der Waals surface area (Å²) in [5.74, 6) is -0.914. The second kappa shape index (κ2) is 9.79. The molecule has 0 spiro atoms. The molecule has 0 bridgehead atoms. The van der Waals surface area contributed by atoms with Crippen LogP contribution in [0.5, 0.6) is 0 Å². The lowest BCUT2D eigenvalue weighted by atomic mass is 10.1. The lowest BCUT2D eigenvalue weighted by Crippen LogP contribution is -2.33. The van der Waals surface area contributed by atoms with Crippen molar-refractivity contribution in [3.8, 4) is 0 Å². The predicted molar refractivity (Wildman–Crippen MR) is 88.9 cm³/mol. The van der Waals surface area contributed by atoms with Crippen LogP contribution >= 0.6 is 0 Å². The van der Waals surface area contributed by atoms with Crippen LogP contribution < -0.4 is 5.32 Å². The molecule has 0 aromatic heterocycles. The second-order valence-corrected chi connectivity index (χ2v) is 5.26. The molecule has 0 aliphatic rings. The maximum Gasteiger partial charge on any atom is 0.335 e. The minimum atomic E-state index is -0.722. The number of ether oxygens (including phenoxy) is 2. The highest BCUT2D eigenvalue weighted by Crippen LogP contribution is 2.13. The molecule has 5 nitrogen and oxygen atoms in total. The van der Waals surface area contributed by atoms with Crippen molar-refractivity contribution in [1.29, 1.82) is 0 Å². The number of benzene rings is 1. The summed E-state index contributed by atoms with van der Waals surface area (Å²) in [5.41, 5.74) is 2.25. The Labute approximate surface area is 137 Å². The van der Waals surface area contributed by atoms with Crippen LogP contribution in [0.15, 0.2) is 36.9 Å². The van der Waals surface area contributed by atoms with Gasteiger partial charge in [0.2, 0.25) is 0 Å². The maximum atomic E-state index is 11.8. The average Bonchev–Trinajstić information content (AvgIpc) is 2.57. The molecule has 0 aliphatic carbocycles. The summed E-state index contributed by atoms with van der Waals surface area (Å²) in [6.07, 6.45) is 1.80. The first-order valence-electron chi connectivity index (χ1n) is 7.75. The van der Waals surface area contributed by atoms with Crippen molar-refractivity contribution in [3.05, 3.63) is 48.0 Å². The SMILES string of the molecule is C=CCOC(C)C(=O)OCC(=O)NC(C)c1ccc(CC)cc1. The third-order valence-electron chi connectivity index (χ3n) is 3.41. The van der Waals surface area contributed by atoms with Crippen LogP contribution in [0.3, 0.4) is 0 Å². The number of carbonyl (C=O) groups excluding carboxylic acids is 2. The number of hydrogen-bond donors (Lipinski definition) is 1. The van der Waals surface area contributed by atoms with E-state index in [0.717, 1.165) is 12.0 Å². The van der Waals surface area contributed by atoms with E-state index in [4.69, 9.17) is 9.47 Å². The number of rotatable bonds is 9. The van der Waals surface area contributed by atoms with Gasteiger partial charge in [0.25, 0.3) is 5.91 Å². The Hall–Kier alpha value is -2.14. The van der Waals surface area contributed by atoms with Gasteiger partial charge in [-0.25, -0.2) is 4.79 Å². The zero-order valence-electron chi connectivity index (χ0n) is 14.0. The normalized spacial score (nSPS) is 13.0. The zero-order chi connectivity index (χ0) is 17.2. The minimum absolute atomic E-state index is 0.151. The smallest absolute Gasteiger partial charge is 0.335 e. The molecular formula is C18H25NO4. The first-order chi connectivity index (χ1) is 11.0. The van der Waals surface area contributed by atoms with Gasteiger partial charge < -0.3 is 14.8 Å². The average molecular weight is 319 g/mol. The number of hydrogen-bond acceptors (Lipinski definition) is 4. The Balaban J connectivity index is 2.40. The Morgan fingerprint density at radius 3 is 2.48 bits per heavy atom. The van der Waals surface area contributed by atoms with Crippen molar-refractivity contribution >= 4 is 11.9 Å². The Kier molecular flexibility index (Phi) is 8.05. The first kappa shape index (κ1) is 18.9. The number of aryl methyl sites for hydroxylation is 1. The highest BCUT2D eigenvalue weighted by atomic mass is 16.6. The van der Waals surface area contributed by atoms with E-state index in [1.54, 1.807) is 13.0 Å². The molecule has 2 unspecified atom stereocenters. The molecular weight excluding hydrogens is 294 g/mol. The van der Waals surface area contributed by atoms with Gasteiger partial charge in [-0.15, -0.1) is 6.58 Å². The highest BCUT2D eigenvalue weighted by molar-refractivity contribution is 5.82. The van der Waals surface area contributed by atoms with Gasteiger partial charge in [-0.2, -0.15) is 0 Å². The molecule has 1 amide bonds. The van der Waals surface area contributed by atoms with Crippen LogP contribution in [0.4, 0.5) is 0 Å². The van der Waals surface area contributed by atoms with Gasteiger partial charge in [0.1, 0.15) is 0 Å². The fraction of sp³-hybridized carbons (Fsp3) is 0.444. The van der Waals surface area contributed by atoms with E-state index in [9.17, 15) is 9.59 Å². The van der Waals surface area contributed by atoms with Crippen molar-refractivity contribution in [2.45, 2.75) is 39.3 Å². The van der Waals surface area contributed by atoms with Crippen molar-refractivity contribution < 1.29 is 19.1 Å². The molecule has 0 fully saturated rings. The van der Waals surface area contributed by atoms with Crippen LogP contribution in [0.2, 0.25) is 0 Å². The summed E-state index contributed by atoms with van der Waals surface area (Å²) in [7, 11) is 0. The summed E-state index contributed by atoms with van der Waals surface area (Å²) in [4.78, 5) is 23.5. The summed E-state index contributed by atoms with van der Waals surface area (Å²) >= 11 is 0. The van der Waals surface area contributed by atoms with Crippen LogP contribution in [-0.2, 0) is 25.5 Å². The molecule has 1 N–H and O–H groups in total.